The number of aliphatic hydroxyl groups excluding tert-OH is 1. The summed E-state index contributed by atoms with van der Waals surface area (Å²) in [5.41, 5.74) is 0. The number of hydrogen-bond donors (Lipinski definition) is 3. The minimum absolute atomic E-state index is 0.105. The molecule has 0 aromatic heterocycles. The van der Waals surface area contributed by atoms with Gasteiger partial charge in [0.15, 0.2) is 12.2 Å². The highest BCUT2D eigenvalue weighted by molar-refractivity contribution is 7.47. The quantitative estimate of drug-likeness (QED) is 0.0222. The van der Waals surface area contributed by atoms with E-state index >= 15 is 0 Å². The molecule has 96 heavy (non-hydrogen) atoms. The Bertz CT molecular complexity index is 1860. The zero-order valence-electron chi connectivity index (χ0n) is 62.7. The van der Waals surface area contributed by atoms with Crippen LogP contribution in [0.4, 0.5) is 0 Å². The summed E-state index contributed by atoms with van der Waals surface area (Å²) in [5.74, 6) is -0.615. The average Bonchev–Trinajstić information content (AvgIpc) is 1.10. The Balaban J connectivity index is 5.23. The number of ether oxygens (including phenoxy) is 4. The number of esters is 4. The van der Waals surface area contributed by atoms with Crippen LogP contribution in [0.1, 0.15) is 401 Å². The Hall–Kier alpha value is -1.94. The van der Waals surface area contributed by atoms with Crippen molar-refractivity contribution in [3.05, 3.63) is 0 Å². The van der Waals surface area contributed by atoms with E-state index < -0.39 is 97.5 Å². The van der Waals surface area contributed by atoms with Gasteiger partial charge >= 0.3 is 39.5 Å². The fourth-order valence-corrected chi connectivity index (χ4v) is 13.4. The molecule has 0 fully saturated rings. The standard InChI is InChI=1S/C77H150O17P2/c1-7-9-11-13-15-17-19-20-21-22-23-24-25-26-32-36-43-49-55-61-76(81)93-72(65-88-75(80)60-54-48-42-35-31-28-27-30-33-39-45-51-57-69(3)4)67-91-95(83,84)89-63-71(78)64-90-96(85,86)92-68-73(94-77(82)62-56-50-44-38-37-40-46-52-58-70(5)6)66-87-74(79)59-53-47-41-34-29-18-16-14-12-10-8-2/h69-73,78H,7-68H2,1-6H3,(H,83,84)(H,85,86)/t71-,72-,73-/m1/s1. The van der Waals surface area contributed by atoms with Crippen LogP contribution in [0.2, 0.25) is 0 Å². The zero-order valence-corrected chi connectivity index (χ0v) is 64.5. The highest BCUT2D eigenvalue weighted by Gasteiger charge is 2.30. The molecular formula is C77H150O17P2. The van der Waals surface area contributed by atoms with E-state index in [2.05, 4.69) is 41.5 Å². The SMILES string of the molecule is CCCCCCCCCCCCCCCCCCCCCC(=O)O[C@H](COC(=O)CCCCCCCCCCCCCCC(C)C)COP(=O)(O)OC[C@@H](O)COP(=O)(O)OC[C@@H](COC(=O)CCCCCCCCCCCCC)OC(=O)CCCCCCCCCCC(C)C. The van der Waals surface area contributed by atoms with Crippen molar-refractivity contribution in [2.24, 2.45) is 11.8 Å². The number of rotatable bonds is 76. The van der Waals surface area contributed by atoms with Crippen molar-refractivity contribution >= 4 is 39.5 Å². The fourth-order valence-electron chi connectivity index (χ4n) is 11.8. The van der Waals surface area contributed by atoms with Gasteiger partial charge in [-0.2, -0.15) is 0 Å². The van der Waals surface area contributed by atoms with Crippen LogP contribution in [-0.4, -0.2) is 96.7 Å². The molecule has 0 radical (unpaired) electrons. The Morgan fingerprint density at radius 1 is 0.281 bits per heavy atom. The first-order valence-electron chi connectivity index (χ1n) is 40.0. The predicted molar refractivity (Wildman–Crippen MR) is 391 cm³/mol. The smallest absolute Gasteiger partial charge is 0.462 e. The van der Waals surface area contributed by atoms with Crippen LogP contribution < -0.4 is 0 Å². The van der Waals surface area contributed by atoms with Crippen molar-refractivity contribution < 1.29 is 80.2 Å². The summed E-state index contributed by atoms with van der Waals surface area (Å²) in [7, 11) is -9.91. The molecule has 2 unspecified atom stereocenters. The van der Waals surface area contributed by atoms with Crippen LogP contribution in [0.15, 0.2) is 0 Å². The molecule has 570 valence electrons. The van der Waals surface area contributed by atoms with Gasteiger partial charge in [0.2, 0.25) is 0 Å². The van der Waals surface area contributed by atoms with E-state index in [1.807, 2.05) is 0 Å². The van der Waals surface area contributed by atoms with E-state index in [4.69, 9.17) is 37.0 Å². The molecule has 0 rings (SSSR count). The van der Waals surface area contributed by atoms with Gasteiger partial charge in [0, 0.05) is 25.7 Å². The minimum atomic E-state index is -4.96. The third kappa shape index (κ3) is 70.5. The van der Waals surface area contributed by atoms with E-state index in [1.165, 1.54) is 218 Å². The molecule has 0 saturated carbocycles. The number of carbonyl (C=O) groups excluding carboxylic acids is 4. The predicted octanol–water partition coefficient (Wildman–Crippen LogP) is 22.7. The summed E-state index contributed by atoms with van der Waals surface area (Å²) >= 11 is 0. The summed E-state index contributed by atoms with van der Waals surface area (Å²) in [6.45, 7) is 9.57. The highest BCUT2D eigenvalue weighted by atomic mass is 31.2. The maximum Gasteiger partial charge on any atom is 0.472 e. The van der Waals surface area contributed by atoms with E-state index in [1.54, 1.807) is 0 Å². The number of hydrogen-bond acceptors (Lipinski definition) is 15. The van der Waals surface area contributed by atoms with Gasteiger partial charge in [0.25, 0.3) is 0 Å². The maximum absolute atomic E-state index is 13.1. The largest absolute Gasteiger partial charge is 0.472 e. The average molecular weight is 1410 g/mol. The van der Waals surface area contributed by atoms with Crippen LogP contribution in [-0.2, 0) is 65.4 Å². The zero-order chi connectivity index (χ0) is 70.7. The molecule has 19 heteroatoms. The van der Waals surface area contributed by atoms with Crippen molar-refractivity contribution in [1.82, 2.24) is 0 Å². The van der Waals surface area contributed by atoms with Gasteiger partial charge in [-0.15, -0.1) is 0 Å². The molecule has 0 aliphatic carbocycles. The molecular weight excluding hydrogens is 1260 g/mol. The third-order valence-corrected chi connectivity index (χ3v) is 19.9. The summed E-state index contributed by atoms with van der Waals surface area (Å²) in [4.78, 5) is 72.8. The molecule has 0 aliphatic rings. The van der Waals surface area contributed by atoms with Crippen molar-refractivity contribution in [3.63, 3.8) is 0 Å². The molecule has 0 aromatic carbocycles. The number of aliphatic hydroxyl groups is 1. The van der Waals surface area contributed by atoms with Gasteiger partial charge in [-0.3, -0.25) is 37.3 Å². The lowest BCUT2D eigenvalue weighted by Gasteiger charge is -2.21. The molecule has 17 nitrogen and oxygen atoms in total. The first kappa shape index (κ1) is 94.1. The second-order valence-electron chi connectivity index (χ2n) is 28.7. The minimum Gasteiger partial charge on any atom is -0.462 e. The van der Waals surface area contributed by atoms with Gasteiger partial charge in [-0.25, -0.2) is 9.13 Å². The lowest BCUT2D eigenvalue weighted by atomic mass is 10.0. The molecule has 0 aromatic rings. The summed E-state index contributed by atoms with van der Waals surface area (Å²) in [6.07, 6.45) is 56.9. The van der Waals surface area contributed by atoms with Crippen molar-refractivity contribution in [3.8, 4) is 0 Å². The molecule has 0 heterocycles. The Kier molecular flexibility index (Phi) is 67.4. The lowest BCUT2D eigenvalue weighted by Crippen LogP contribution is -2.30. The Morgan fingerprint density at radius 2 is 0.479 bits per heavy atom. The van der Waals surface area contributed by atoms with Crippen LogP contribution in [0.25, 0.3) is 0 Å². The van der Waals surface area contributed by atoms with Gasteiger partial charge in [-0.05, 0) is 37.5 Å². The maximum atomic E-state index is 13.1. The van der Waals surface area contributed by atoms with E-state index in [9.17, 15) is 43.2 Å². The fraction of sp³-hybridized carbons (Fsp3) is 0.948. The third-order valence-electron chi connectivity index (χ3n) is 18.0. The molecule has 0 spiro atoms. The molecule has 0 saturated heterocycles. The monoisotopic (exact) mass is 1410 g/mol. The van der Waals surface area contributed by atoms with Gasteiger partial charge in [0.1, 0.15) is 19.3 Å². The first-order valence-corrected chi connectivity index (χ1v) is 43.0. The van der Waals surface area contributed by atoms with Crippen LogP contribution in [0.3, 0.4) is 0 Å². The van der Waals surface area contributed by atoms with E-state index in [0.717, 1.165) is 102 Å². The van der Waals surface area contributed by atoms with E-state index in [-0.39, 0.29) is 25.7 Å². The summed E-state index contributed by atoms with van der Waals surface area (Å²) in [6, 6.07) is 0. The van der Waals surface area contributed by atoms with Gasteiger partial charge in [-0.1, -0.05) is 350 Å². The number of unbranched alkanes of at least 4 members (excludes halogenated alkanes) is 46. The Labute approximate surface area is 588 Å². The van der Waals surface area contributed by atoms with Crippen LogP contribution in [0, 0.1) is 11.8 Å². The topological polar surface area (TPSA) is 237 Å². The second kappa shape index (κ2) is 68.8. The summed E-state index contributed by atoms with van der Waals surface area (Å²) < 4.78 is 68.5. The number of phosphoric ester groups is 2. The van der Waals surface area contributed by atoms with Crippen LogP contribution >= 0.6 is 15.6 Å². The highest BCUT2D eigenvalue weighted by Crippen LogP contribution is 2.45. The number of phosphoric acid groups is 2. The van der Waals surface area contributed by atoms with Gasteiger partial charge in [0.05, 0.1) is 26.4 Å². The summed E-state index contributed by atoms with van der Waals surface area (Å²) in [5, 5.41) is 10.6. The van der Waals surface area contributed by atoms with E-state index in [0.29, 0.717) is 25.7 Å². The molecule has 5 atom stereocenters. The normalized spacial score (nSPS) is 14.0. The molecule has 0 bridgehead atoms. The van der Waals surface area contributed by atoms with Crippen molar-refractivity contribution in [1.29, 1.82) is 0 Å². The van der Waals surface area contributed by atoms with Crippen molar-refractivity contribution in [2.45, 2.75) is 419 Å². The molecule has 0 amide bonds. The van der Waals surface area contributed by atoms with Crippen LogP contribution in [0.5, 0.6) is 0 Å². The van der Waals surface area contributed by atoms with Crippen molar-refractivity contribution in [2.75, 3.05) is 39.6 Å². The second-order valence-corrected chi connectivity index (χ2v) is 31.6. The first-order chi connectivity index (χ1) is 46.4. The lowest BCUT2D eigenvalue weighted by molar-refractivity contribution is -0.161. The molecule has 3 N–H and O–H groups in total. The van der Waals surface area contributed by atoms with Gasteiger partial charge < -0.3 is 33.8 Å². The number of carbonyl (C=O) groups is 4. The molecule has 0 aliphatic heterocycles. The Morgan fingerprint density at radius 3 is 0.708 bits per heavy atom.